The van der Waals surface area contributed by atoms with E-state index in [1.54, 1.807) is 0 Å². The molecule has 1 rings (SSSR count). The number of hydrogen-bond acceptors (Lipinski definition) is 5. The molecule has 0 saturated carbocycles. The zero-order chi connectivity index (χ0) is 12.9. The number of nitrogens with zero attached hydrogens (tertiary/aromatic N) is 3. The Kier molecular flexibility index (Phi) is 4.47. The molecular formula is C9H14F3N5. The van der Waals surface area contributed by atoms with Gasteiger partial charge in [-0.1, -0.05) is 19.8 Å². The molecule has 0 saturated heterocycles. The molecule has 0 aromatic carbocycles. The summed E-state index contributed by atoms with van der Waals surface area (Å²) in [5.74, 6) is -1.85. The number of alkyl halides is 3. The van der Waals surface area contributed by atoms with Crippen LogP contribution in [0, 0.1) is 0 Å². The third-order valence-corrected chi connectivity index (χ3v) is 1.97. The van der Waals surface area contributed by atoms with E-state index in [0.29, 0.717) is 6.54 Å². The standard InChI is InChI=1S/C9H14F3N5/c1-2-3-4-5-14-8-16-6(9(10,11)12)15-7(13)17-8/h2-5H2,1H3,(H3,13,14,15,16,17). The van der Waals surface area contributed by atoms with Gasteiger partial charge in [0.2, 0.25) is 17.7 Å². The molecule has 0 unspecified atom stereocenters. The molecule has 0 atom stereocenters. The molecular weight excluding hydrogens is 235 g/mol. The molecule has 5 nitrogen and oxygen atoms in total. The van der Waals surface area contributed by atoms with Gasteiger partial charge < -0.3 is 11.1 Å². The van der Waals surface area contributed by atoms with Gasteiger partial charge in [-0.05, 0) is 6.42 Å². The zero-order valence-corrected chi connectivity index (χ0v) is 9.38. The van der Waals surface area contributed by atoms with Crippen LogP contribution < -0.4 is 11.1 Å². The van der Waals surface area contributed by atoms with Gasteiger partial charge in [-0.2, -0.15) is 28.1 Å². The van der Waals surface area contributed by atoms with Gasteiger partial charge >= 0.3 is 6.18 Å². The van der Waals surface area contributed by atoms with E-state index in [1.165, 1.54) is 0 Å². The maximum Gasteiger partial charge on any atom is 0.451 e. The Morgan fingerprint density at radius 3 is 2.47 bits per heavy atom. The maximum absolute atomic E-state index is 12.4. The number of anilines is 2. The molecule has 1 heterocycles. The topological polar surface area (TPSA) is 76.7 Å². The predicted molar refractivity (Wildman–Crippen MR) is 57.3 cm³/mol. The van der Waals surface area contributed by atoms with E-state index in [1.807, 2.05) is 6.92 Å². The summed E-state index contributed by atoms with van der Waals surface area (Å²) in [6.45, 7) is 2.54. The van der Waals surface area contributed by atoms with E-state index >= 15 is 0 Å². The van der Waals surface area contributed by atoms with Crippen molar-refractivity contribution in [1.82, 2.24) is 15.0 Å². The summed E-state index contributed by atoms with van der Waals surface area (Å²) in [5, 5.41) is 2.69. The van der Waals surface area contributed by atoms with E-state index < -0.39 is 17.9 Å². The molecule has 0 bridgehead atoms. The number of rotatable bonds is 5. The van der Waals surface area contributed by atoms with Crippen LogP contribution in [0.1, 0.15) is 32.0 Å². The second kappa shape index (κ2) is 5.65. The smallest absolute Gasteiger partial charge is 0.368 e. The first-order chi connectivity index (χ1) is 7.93. The third-order valence-electron chi connectivity index (χ3n) is 1.97. The molecule has 3 N–H and O–H groups in total. The van der Waals surface area contributed by atoms with Crippen LogP contribution in [-0.2, 0) is 6.18 Å². The van der Waals surface area contributed by atoms with Crippen LogP contribution in [-0.4, -0.2) is 21.5 Å². The van der Waals surface area contributed by atoms with Gasteiger partial charge in [0.05, 0.1) is 0 Å². The highest BCUT2D eigenvalue weighted by atomic mass is 19.4. The first-order valence-electron chi connectivity index (χ1n) is 5.26. The van der Waals surface area contributed by atoms with Crippen molar-refractivity contribution in [1.29, 1.82) is 0 Å². The number of halogens is 3. The largest absolute Gasteiger partial charge is 0.451 e. The molecule has 17 heavy (non-hydrogen) atoms. The van der Waals surface area contributed by atoms with Gasteiger partial charge in [-0.3, -0.25) is 0 Å². The molecule has 8 heteroatoms. The highest BCUT2D eigenvalue weighted by molar-refractivity contribution is 5.31. The second-order valence-electron chi connectivity index (χ2n) is 3.47. The van der Waals surface area contributed by atoms with Crippen LogP contribution in [0.15, 0.2) is 0 Å². The van der Waals surface area contributed by atoms with Crippen LogP contribution in [0.5, 0.6) is 0 Å². The maximum atomic E-state index is 12.4. The van der Waals surface area contributed by atoms with Crippen LogP contribution in [0.3, 0.4) is 0 Å². The van der Waals surface area contributed by atoms with E-state index in [9.17, 15) is 13.2 Å². The third kappa shape index (κ3) is 4.41. The zero-order valence-electron chi connectivity index (χ0n) is 9.38. The van der Waals surface area contributed by atoms with Gasteiger partial charge in [-0.15, -0.1) is 0 Å². The van der Waals surface area contributed by atoms with Crippen molar-refractivity contribution in [2.24, 2.45) is 0 Å². The molecule has 0 aliphatic rings. The summed E-state index contributed by atoms with van der Waals surface area (Å²) in [5.41, 5.74) is 5.18. The number of nitrogens with one attached hydrogen (secondary N) is 1. The molecule has 96 valence electrons. The summed E-state index contributed by atoms with van der Waals surface area (Å²) in [4.78, 5) is 9.89. The fourth-order valence-electron chi connectivity index (χ4n) is 1.17. The van der Waals surface area contributed by atoms with Gasteiger partial charge in [-0.25, -0.2) is 0 Å². The summed E-state index contributed by atoms with van der Waals surface area (Å²) in [7, 11) is 0. The van der Waals surface area contributed by atoms with Crippen molar-refractivity contribution < 1.29 is 13.2 Å². The number of unbranched alkanes of at least 4 members (excludes halogenated alkanes) is 2. The summed E-state index contributed by atoms with van der Waals surface area (Å²) >= 11 is 0. The summed E-state index contributed by atoms with van der Waals surface area (Å²) in [6, 6.07) is 0. The first kappa shape index (κ1) is 13.5. The highest BCUT2D eigenvalue weighted by Crippen LogP contribution is 2.26. The minimum Gasteiger partial charge on any atom is -0.368 e. The number of aromatic nitrogens is 3. The van der Waals surface area contributed by atoms with E-state index in [0.717, 1.165) is 19.3 Å². The number of hydrogen-bond donors (Lipinski definition) is 2. The monoisotopic (exact) mass is 249 g/mol. The van der Waals surface area contributed by atoms with Crippen molar-refractivity contribution in [2.75, 3.05) is 17.6 Å². The fraction of sp³-hybridized carbons (Fsp3) is 0.667. The Labute approximate surface area is 96.7 Å². The lowest BCUT2D eigenvalue weighted by Gasteiger charge is -2.08. The van der Waals surface area contributed by atoms with E-state index in [2.05, 4.69) is 20.3 Å². The minimum atomic E-state index is -4.61. The lowest BCUT2D eigenvalue weighted by Crippen LogP contribution is -2.16. The highest BCUT2D eigenvalue weighted by Gasteiger charge is 2.35. The predicted octanol–water partition coefficient (Wildman–Crippen LogP) is 2.07. The molecule has 0 radical (unpaired) electrons. The molecule has 0 aliphatic heterocycles. The van der Waals surface area contributed by atoms with E-state index in [4.69, 9.17) is 5.73 Å². The normalized spacial score (nSPS) is 11.5. The quantitative estimate of drug-likeness (QED) is 0.781. The molecule has 0 spiro atoms. The Balaban J connectivity index is 2.69. The molecule has 0 fully saturated rings. The molecule has 0 aliphatic carbocycles. The molecule has 1 aromatic rings. The van der Waals surface area contributed by atoms with Crippen LogP contribution >= 0.6 is 0 Å². The van der Waals surface area contributed by atoms with Crippen molar-refractivity contribution in [3.05, 3.63) is 5.82 Å². The minimum absolute atomic E-state index is 0.138. The average molecular weight is 249 g/mol. The van der Waals surface area contributed by atoms with Crippen molar-refractivity contribution in [3.63, 3.8) is 0 Å². The van der Waals surface area contributed by atoms with Crippen LogP contribution in [0.2, 0.25) is 0 Å². The molecule has 0 amide bonds. The SMILES string of the molecule is CCCCCNc1nc(N)nc(C(F)(F)F)n1. The Hall–Kier alpha value is -1.60. The van der Waals surface area contributed by atoms with Crippen molar-refractivity contribution in [3.8, 4) is 0 Å². The Morgan fingerprint density at radius 1 is 1.18 bits per heavy atom. The lowest BCUT2D eigenvalue weighted by atomic mass is 10.2. The van der Waals surface area contributed by atoms with Gasteiger partial charge in [0.15, 0.2) is 0 Å². The average Bonchev–Trinajstić information content (AvgIpc) is 2.22. The van der Waals surface area contributed by atoms with Crippen molar-refractivity contribution >= 4 is 11.9 Å². The number of nitrogens with two attached hydrogens (primary N) is 1. The van der Waals surface area contributed by atoms with Crippen molar-refractivity contribution in [2.45, 2.75) is 32.4 Å². The Bertz CT molecular complexity index is 366. The molecule has 1 aromatic heterocycles. The van der Waals surface area contributed by atoms with Gasteiger partial charge in [0, 0.05) is 6.54 Å². The second-order valence-corrected chi connectivity index (χ2v) is 3.47. The van der Waals surface area contributed by atoms with Crippen LogP contribution in [0.4, 0.5) is 25.1 Å². The van der Waals surface area contributed by atoms with Gasteiger partial charge in [0.1, 0.15) is 0 Å². The van der Waals surface area contributed by atoms with E-state index in [-0.39, 0.29) is 5.95 Å². The lowest BCUT2D eigenvalue weighted by molar-refractivity contribution is -0.144. The van der Waals surface area contributed by atoms with Crippen LogP contribution in [0.25, 0.3) is 0 Å². The Morgan fingerprint density at radius 2 is 1.88 bits per heavy atom. The fourth-order valence-corrected chi connectivity index (χ4v) is 1.17. The van der Waals surface area contributed by atoms with Gasteiger partial charge in [0.25, 0.3) is 0 Å². The summed E-state index contributed by atoms with van der Waals surface area (Å²) in [6.07, 6.45) is -1.77. The first-order valence-corrected chi connectivity index (χ1v) is 5.26. The summed E-state index contributed by atoms with van der Waals surface area (Å²) < 4.78 is 37.1. The number of nitrogen functional groups attached to an aromatic ring is 1.